The summed E-state index contributed by atoms with van der Waals surface area (Å²) in [4.78, 5) is 4.10. The summed E-state index contributed by atoms with van der Waals surface area (Å²) in [6, 6.07) is 11.8. The molecule has 1 aliphatic rings. The molecule has 27 heavy (non-hydrogen) atoms. The molecule has 4 rings (SSSR count). The lowest BCUT2D eigenvalue weighted by molar-refractivity contribution is 0.0315. The van der Waals surface area contributed by atoms with Gasteiger partial charge >= 0.3 is 0 Å². The molecule has 1 aliphatic heterocycles. The van der Waals surface area contributed by atoms with Crippen molar-refractivity contribution in [2.24, 2.45) is 0 Å². The van der Waals surface area contributed by atoms with Gasteiger partial charge in [0.15, 0.2) is 11.0 Å². The largest absolute Gasteiger partial charge is 0.497 e. The Bertz CT molecular complexity index is 861. The molecule has 3 heterocycles. The van der Waals surface area contributed by atoms with E-state index in [2.05, 4.69) is 19.7 Å². The molecule has 0 radical (unpaired) electrons. The van der Waals surface area contributed by atoms with Gasteiger partial charge in [-0.1, -0.05) is 11.8 Å². The van der Waals surface area contributed by atoms with Crippen LogP contribution in [0.1, 0.15) is 19.3 Å². The van der Waals surface area contributed by atoms with Gasteiger partial charge in [-0.25, -0.2) is 0 Å². The highest BCUT2D eigenvalue weighted by atomic mass is 32.2. The van der Waals surface area contributed by atoms with Crippen LogP contribution in [-0.4, -0.2) is 45.3 Å². The zero-order valence-electron chi connectivity index (χ0n) is 15.2. The van der Waals surface area contributed by atoms with Crippen molar-refractivity contribution in [1.29, 1.82) is 0 Å². The molecule has 6 nitrogen and oxygen atoms in total. The summed E-state index contributed by atoms with van der Waals surface area (Å²) < 4.78 is 13.2. The number of benzene rings is 1. The van der Waals surface area contributed by atoms with E-state index in [1.165, 1.54) is 6.42 Å². The summed E-state index contributed by atoms with van der Waals surface area (Å²) in [6.07, 6.45) is 7.33. The van der Waals surface area contributed by atoms with Gasteiger partial charge < -0.3 is 9.47 Å². The van der Waals surface area contributed by atoms with Crippen LogP contribution in [0.4, 0.5) is 0 Å². The fourth-order valence-corrected chi connectivity index (χ4v) is 4.14. The Morgan fingerprint density at radius 3 is 2.63 bits per heavy atom. The molecule has 0 N–H and O–H groups in total. The Hall–Kier alpha value is -2.38. The third-order valence-corrected chi connectivity index (χ3v) is 5.64. The lowest BCUT2D eigenvalue weighted by Crippen LogP contribution is -2.21. The number of ether oxygens (including phenoxy) is 2. The Balaban J connectivity index is 1.66. The van der Waals surface area contributed by atoms with Crippen LogP contribution in [0.5, 0.6) is 5.75 Å². The zero-order valence-corrected chi connectivity index (χ0v) is 16.1. The third kappa shape index (κ3) is 4.14. The second-order valence-corrected chi connectivity index (χ2v) is 7.36. The van der Waals surface area contributed by atoms with Crippen LogP contribution in [0.15, 0.2) is 53.9 Å². The molecule has 0 saturated carbocycles. The lowest BCUT2D eigenvalue weighted by Gasteiger charge is -2.22. The molecule has 0 aliphatic carbocycles. The van der Waals surface area contributed by atoms with E-state index in [9.17, 15) is 0 Å². The van der Waals surface area contributed by atoms with Gasteiger partial charge in [-0.3, -0.25) is 9.55 Å². The highest BCUT2D eigenvalue weighted by Gasteiger charge is 2.19. The molecular formula is C20H22N4O2S. The molecule has 1 fully saturated rings. The maximum atomic E-state index is 5.86. The van der Waals surface area contributed by atoms with Gasteiger partial charge in [0.25, 0.3) is 0 Å². The monoisotopic (exact) mass is 382 g/mol. The number of hydrogen-bond donors (Lipinski definition) is 0. The first-order valence-electron chi connectivity index (χ1n) is 9.10. The normalized spacial score (nSPS) is 17.0. The maximum absolute atomic E-state index is 5.86. The first kappa shape index (κ1) is 18.0. The number of pyridine rings is 1. The summed E-state index contributed by atoms with van der Waals surface area (Å²) in [5, 5.41) is 9.79. The topological polar surface area (TPSA) is 62.1 Å². The summed E-state index contributed by atoms with van der Waals surface area (Å²) in [7, 11) is 1.67. The minimum Gasteiger partial charge on any atom is -0.497 e. The van der Waals surface area contributed by atoms with Crippen LogP contribution in [-0.2, 0) is 4.74 Å². The van der Waals surface area contributed by atoms with E-state index in [1.807, 2.05) is 36.4 Å². The number of methoxy groups -OCH3 is 1. The highest BCUT2D eigenvalue weighted by molar-refractivity contribution is 7.99. The standard InChI is InChI=1S/C20H22N4O2S/c1-25-17-7-5-16(6-8-17)24-19(15-9-11-21-12-10-15)22-23-20(24)27-14-18-4-2-3-13-26-18/h5-12,18H,2-4,13-14H2,1H3. The van der Waals surface area contributed by atoms with Crippen molar-refractivity contribution in [2.45, 2.75) is 30.5 Å². The first-order chi connectivity index (χ1) is 13.3. The molecule has 2 aromatic heterocycles. The second-order valence-electron chi connectivity index (χ2n) is 6.38. The van der Waals surface area contributed by atoms with Crippen LogP contribution in [0.2, 0.25) is 0 Å². The van der Waals surface area contributed by atoms with Gasteiger partial charge in [0.2, 0.25) is 0 Å². The van der Waals surface area contributed by atoms with Crippen molar-refractivity contribution in [1.82, 2.24) is 19.7 Å². The highest BCUT2D eigenvalue weighted by Crippen LogP contribution is 2.30. The number of hydrogen-bond acceptors (Lipinski definition) is 6. The quantitative estimate of drug-likeness (QED) is 0.601. The molecule has 3 aromatic rings. The van der Waals surface area contributed by atoms with Crippen LogP contribution < -0.4 is 4.74 Å². The molecule has 1 aromatic carbocycles. The molecule has 1 unspecified atom stereocenters. The second kappa shape index (κ2) is 8.54. The van der Waals surface area contributed by atoms with Gasteiger partial charge in [-0.2, -0.15) is 0 Å². The first-order valence-corrected chi connectivity index (χ1v) is 10.1. The Kier molecular flexibility index (Phi) is 5.69. The number of thioether (sulfide) groups is 1. The minimum absolute atomic E-state index is 0.286. The predicted octanol–water partition coefficient (Wildman–Crippen LogP) is 4.00. The summed E-state index contributed by atoms with van der Waals surface area (Å²) in [5.41, 5.74) is 1.98. The van der Waals surface area contributed by atoms with E-state index in [0.29, 0.717) is 0 Å². The molecule has 0 spiro atoms. The average Bonchev–Trinajstić information content (AvgIpc) is 3.17. The Morgan fingerprint density at radius 2 is 1.93 bits per heavy atom. The number of aromatic nitrogens is 4. The summed E-state index contributed by atoms with van der Waals surface area (Å²) >= 11 is 1.69. The van der Waals surface area contributed by atoms with Crippen molar-refractivity contribution in [2.75, 3.05) is 19.5 Å². The molecule has 7 heteroatoms. The number of rotatable bonds is 6. The van der Waals surface area contributed by atoms with E-state index in [1.54, 1.807) is 31.3 Å². The molecule has 0 bridgehead atoms. The van der Waals surface area contributed by atoms with Crippen molar-refractivity contribution in [3.8, 4) is 22.8 Å². The molecule has 140 valence electrons. The summed E-state index contributed by atoms with van der Waals surface area (Å²) in [5.74, 6) is 2.50. The van der Waals surface area contributed by atoms with Gasteiger partial charge in [0.1, 0.15) is 5.75 Å². The predicted molar refractivity (Wildman–Crippen MR) is 105 cm³/mol. The van der Waals surface area contributed by atoms with Crippen molar-refractivity contribution >= 4 is 11.8 Å². The molecular weight excluding hydrogens is 360 g/mol. The fraction of sp³-hybridized carbons (Fsp3) is 0.350. The minimum atomic E-state index is 0.286. The Labute approximate surface area is 162 Å². The zero-order chi connectivity index (χ0) is 18.5. The number of nitrogens with zero attached hydrogens (tertiary/aromatic N) is 4. The van der Waals surface area contributed by atoms with E-state index in [0.717, 1.165) is 53.2 Å². The van der Waals surface area contributed by atoms with Gasteiger partial charge in [-0.05, 0) is 55.7 Å². The third-order valence-electron chi connectivity index (χ3n) is 4.57. The van der Waals surface area contributed by atoms with Crippen LogP contribution >= 0.6 is 11.8 Å². The van der Waals surface area contributed by atoms with Crippen molar-refractivity contribution in [3.05, 3.63) is 48.8 Å². The van der Waals surface area contributed by atoms with Gasteiger partial charge in [0.05, 0.1) is 13.2 Å². The van der Waals surface area contributed by atoms with Crippen LogP contribution in [0.25, 0.3) is 17.1 Å². The van der Waals surface area contributed by atoms with Gasteiger partial charge in [-0.15, -0.1) is 10.2 Å². The van der Waals surface area contributed by atoms with Gasteiger partial charge in [0, 0.05) is 36.0 Å². The van der Waals surface area contributed by atoms with Crippen molar-refractivity contribution < 1.29 is 9.47 Å². The van der Waals surface area contributed by atoms with E-state index in [-0.39, 0.29) is 6.10 Å². The SMILES string of the molecule is COc1ccc(-n2c(SCC3CCCCO3)nnc2-c2ccncc2)cc1. The van der Waals surface area contributed by atoms with Crippen LogP contribution in [0, 0.1) is 0 Å². The van der Waals surface area contributed by atoms with Crippen molar-refractivity contribution in [3.63, 3.8) is 0 Å². The van der Waals surface area contributed by atoms with Crippen LogP contribution in [0.3, 0.4) is 0 Å². The van der Waals surface area contributed by atoms with E-state index in [4.69, 9.17) is 9.47 Å². The summed E-state index contributed by atoms with van der Waals surface area (Å²) in [6.45, 7) is 0.860. The molecule has 0 amide bonds. The smallest absolute Gasteiger partial charge is 0.196 e. The molecule has 1 saturated heterocycles. The maximum Gasteiger partial charge on any atom is 0.196 e. The average molecular weight is 382 g/mol. The van der Waals surface area contributed by atoms with E-state index >= 15 is 0 Å². The molecule has 1 atom stereocenters. The van der Waals surface area contributed by atoms with E-state index < -0.39 is 0 Å². The lowest BCUT2D eigenvalue weighted by atomic mass is 10.1. The fourth-order valence-electron chi connectivity index (χ4n) is 3.12. The Morgan fingerprint density at radius 1 is 1.11 bits per heavy atom.